The normalized spacial score (nSPS) is 11.0. The maximum absolute atomic E-state index is 14.4. The van der Waals surface area contributed by atoms with Gasteiger partial charge in [0.1, 0.15) is 11.6 Å². The summed E-state index contributed by atoms with van der Waals surface area (Å²) in [6.07, 6.45) is 0. The third-order valence-corrected chi connectivity index (χ3v) is 5.09. The lowest BCUT2D eigenvalue weighted by Crippen LogP contribution is -2.01. The van der Waals surface area contributed by atoms with Crippen LogP contribution in [0.2, 0.25) is 0 Å². The lowest BCUT2D eigenvalue weighted by Gasteiger charge is -2.08. The SMILES string of the molecule is CCOc1ccc(-c2[nH]nc3nc(-c4c(F)cccc4Br)cc(C(=O)O)c23)cc1. The molecule has 0 unspecified atom stereocenters. The Balaban J connectivity index is 1.91. The van der Waals surface area contributed by atoms with Crippen LogP contribution < -0.4 is 4.74 Å². The van der Waals surface area contributed by atoms with Crippen LogP contribution in [-0.2, 0) is 0 Å². The number of aromatic amines is 1. The van der Waals surface area contributed by atoms with Crippen molar-refractivity contribution in [1.82, 2.24) is 15.2 Å². The molecule has 2 aromatic heterocycles. The summed E-state index contributed by atoms with van der Waals surface area (Å²) in [6.45, 7) is 2.44. The highest BCUT2D eigenvalue weighted by Crippen LogP contribution is 2.35. The highest BCUT2D eigenvalue weighted by atomic mass is 79.9. The predicted molar refractivity (Wildman–Crippen MR) is 111 cm³/mol. The second kappa shape index (κ2) is 7.63. The van der Waals surface area contributed by atoms with E-state index in [9.17, 15) is 14.3 Å². The number of halogens is 2. The van der Waals surface area contributed by atoms with Crippen LogP contribution in [-0.4, -0.2) is 32.9 Å². The van der Waals surface area contributed by atoms with Crippen molar-refractivity contribution in [2.24, 2.45) is 0 Å². The first kappa shape index (κ1) is 19.1. The Morgan fingerprint density at radius 3 is 2.66 bits per heavy atom. The molecule has 0 radical (unpaired) electrons. The molecule has 0 aliphatic heterocycles. The largest absolute Gasteiger partial charge is 0.494 e. The second-order valence-corrected chi connectivity index (χ2v) is 7.07. The van der Waals surface area contributed by atoms with Crippen molar-refractivity contribution in [2.45, 2.75) is 6.92 Å². The molecule has 29 heavy (non-hydrogen) atoms. The van der Waals surface area contributed by atoms with E-state index in [-0.39, 0.29) is 22.5 Å². The quantitative estimate of drug-likeness (QED) is 0.426. The Bertz CT molecular complexity index is 1200. The lowest BCUT2D eigenvalue weighted by molar-refractivity contribution is 0.0699. The maximum Gasteiger partial charge on any atom is 0.336 e. The molecule has 6 nitrogen and oxygen atoms in total. The fourth-order valence-corrected chi connectivity index (χ4v) is 3.70. The minimum atomic E-state index is -1.15. The minimum Gasteiger partial charge on any atom is -0.494 e. The average molecular weight is 456 g/mol. The van der Waals surface area contributed by atoms with E-state index < -0.39 is 11.8 Å². The van der Waals surface area contributed by atoms with Gasteiger partial charge in [-0.25, -0.2) is 14.2 Å². The fraction of sp³-hybridized carbons (Fsp3) is 0.0952. The number of fused-ring (bicyclic) bond motifs is 1. The smallest absolute Gasteiger partial charge is 0.336 e. The number of benzene rings is 2. The Hall–Kier alpha value is -3.26. The number of pyridine rings is 1. The van der Waals surface area contributed by atoms with Crippen molar-refractivity contribution >= 4 is 32.9 Å². The number of nitrogens with one attached hydrogen (secondary N) is 1. The number of ether oxygens (including phenoxy) is 1. The Labute approximate surface area is 173 Å². The molecule has 4 rings (SSSR count). The number of rotatable bonds is 5. The number of H-pyrrole nitrogens is 1. The lowest BCUT2D eigenvalue weighted by atomic mass is 10.0. The van der Waals surface area contributed by atoms with Gasteiger partial charge >= 0.3 is 5.97 Å². The monoisotopic (exact) mass is 455 g/mol. The van der Waals surface area contributed by atoms with Crippen molar-refractivity contribution < 1.29 is 19.0 Å². The number of aromatic nitrogens is 3. The second-order valence-electron chi connectivity index (χ2n) is 6.21. The van der Waals surface area contributed by atoms with E-state index in [0.29, 0.717) is 27.9 Å². The van der Waals surface area contributed by atoms with Gasteiger partial charge in [0.25, 0.3) is 0 Å². The van der Waals surface area contributed by atoms with Crippen LogP contribution >= 0.6 is 15.9 Å². The van der Waals surface area contributed by atoms with Gasteiger partial charge in [0.15, 0.2) is 5.65 Å². The van der Waals surface area contributed by atoms with E-state index in [2.05, 4.69) is 31.1 Å². The first-order valence-electron chi connectivity index (χ1n) is 8.79. The summed E-state index contributed by atoms with van der Waals surface area (Å²) < 4.78 is 20.3. The fourth-order valence-electron chi connectivity index (χ4n) is 3.16. The van der Waals surface area contributed by atoms with E-state index in [1.54, 1.807) is 24.3 Å². The Morgan fingerprint density at radius 1 is 1.24 bits per heavy atom. The molecule has 8 heteroatoms. The van der Waals surface area contributed by atoms with Crippen molar-refractivity contribution in [3.05, 3.63) is 64.4 Å². The van der Waals surface area contributed by atoms with Crippen LogP contribution in [0.1, 0.15) is 17.3 Å². The molecule has 2 N–H and O–H groups in total. The molecule has 4 aromatic rings. The molecule has 146 valence electrons. The number of carboxylic acids is 1. The summed E-state index contributed by atoms with van der Waals surface area (Å²) >= 11 is 3.30. The van der Waals surface area contributed by atoms with E-state index in [0.717, 1.165) is 5.56 Å². The molecule has 0 bridgehead atoms. The molecular weight excluding hydrogens is 441 g/mol. The van der Waals surface area contributed by atoms with Crippen molar-refractivity contribution in [3.8, 4) is 28.3 Å². The standard InChI is InChI=1S/C21H15BrFN3O3/c1-2-29-12-8-6-11(7-9-12)19-17-13(21(27)28)10-16(24-20(17)26-25-19)18-14(22)4-3-5-15(18)23/h3-10H,2H2,1H3,(H,27,28)(H,24,25,26). The van der Waals surface area contributed by atoms with Crippen LogP contribution in [0.5, 0.6) is 5.75 Å². The van der Waals surface area contributed by atoms with Gasteiger partial charge in [-0.1, -0.05) is 6.07 Å². The summed E-state index contributed by atoms with van der Waals surface area (Å²) in [5.41, 5.74) is 1.80. The molecule has 0 spiro atoms. The van der Waals surface area contributed by atoms with Crippen LogP contribution in [0.15, 0.2) is 53.0 Å². The van der Waals surface area contributed by atoms with Crippen LogP contribution in [0.25, 0.3) is 33.5 Å². The van der Waals surface area contributed by atoms with Gasteiger partial charge < -0.3 is 9.84 Å². The molecule has 0 atom stereocenters. The van der Waals surface area contributed by atoms with E-state index >= 15 is 0 Å². The third kappa shape index (κ3) is 3.47. The highest BCUT2D eigenvalue weighted by Gasteiger charge is 2.21. The van der Waals surface area contributed by atoms with Gasteiger partial charge in [0.05, 0.1) is 34.5 Å². The topological polar surface area (TPSA) is 88.1 Å². The van der Waals surface area contributed by atoms with Crippen molar-refractivity contribution in [2.75, 3.05) is 6.61 Å². The zero-order valence-corrected chi connectivity index (χ0v) is 16.8. The molecular formula is C21H15BrFN3O3. The number of carboxylic acid groups (broad SMARTS) is 1. The minimum absolute atomic E-state index is 0.0159. The van der Waals surface area contributed by atoms with Gasteiger partial charge in [-0.05, 0) is 65.3 Å². The van der Waals surface area contributed by atoms with Crippen LogP contribution in [0, 0.1) is 5.82 Å². The van der Waals surface area contributed by atoms with E-state index in [1.807, 2.05) is 19.1 Å². The molecule has 0 aliphatic rings. The van der Waals surface area contributed by atoms with Gasteiger partial charge in [-0.2, -0.15) is 5.10 Å². The summed E-state index contributed by atoms with van der Waals surface area (Å²) in [7, 11) is 0. The summed E-state index contributed by atoms with van der Waals surface area (Å²) in [4.78, 5) is 16.4. The first-order chi connectivity index (χ1) is 14.0. The third-order valence-electron chi connectivity index (χ3n) is 4.43. The zero-order valence-electron chi connectivity index (χ0n) is 15.2. The van der Waals surface area contributed by atoms with Gasteiger partial charge in [0, 0.05) is 10.0 Å². The Morgan fingerprint density at radius 2 is 2.00 bits per heavy atom. The number of aromatic carboxylic acids is 1. The summed E-state index contributed by atoms with van der Waals surface area (Å²) in [5, 5.41) is 17.2. The maximum atomic E-state index is 14.4. The van der Waals surface area contributed by atoms with Crippen LogP contribution in [0.4, 0.5) is 4.39 Å². The van der Waals surface area contributed by atoms with Gasteiger partial charge in [-0.15, -0.1) is 0 Å². The highest BCUT2D eigenvalue weighted by molar-refractivity contribution is 9.10. The Kier molecular flexibility index (Phi) is 5.02. The number of hydrogen-bond donors (Lipinski definition) is 2. The number of carbonyl (C=O) groups is 1. The zero-order chi connectivity index (χ0) is 20.5. The van der Waals surface area contributed by atoms with E-state index in [4.69, 9.17) is 4.74 Å². The van der Waals surface area contributed by atoms with Crippen LogP contribution in [0.3, 0.4) is 0 Å². The molecule has 2 aromatic carbocycles. The van der Waals surface area contributed by atoms with E-state index in [1.165, 1.54) is 12.1 Å². The van der Waals surface area contributed by atoms with Gasteiger partial charge in [0.2, 0.25) is 0 Å². The predicted octanol–water partition coefficient (Wildman–Crippen LogP) is 5.29. The first-order valence-corrected chi connectivity index (χ1v) is 9.59. The van der Waals surface area contributed by atoms with Gasteiger partial charge in [-0.3, -0.25) is 5.10 Å². The molecule has 0 amide bonds. The summed E-state index contributed by atoms with van der Waals surface area (Å²) in [5.74, 6) is -0.951. The van der Waals surface area contributed by atoms with Crippen molar-refractivity contribution in [1.29, 1.82) is 0 Å². The average Bonchev–Trinajstić information content (AvgIpc) is 3.12. The molecule has 2 heterocycles. The molecule has 0 saturated heterocycles. The number of hydrogen-bond acceptors (Lipinski definition) is 4. The molecule has 0 fully saturated rings. The van der Waals surface area contributed by atoms with Crippen molar-refractivity contribution in [3.63, 3.8) is 0 Å². The summed E-state index contributed by atoms with van der Waals surface area (Å²) in [6, 6.07) is 13.1. The molecule has 0 saturated carbocycles. The number of nitrogens with zero attached hydrogens (tertiary/aromatic N) is 2. The molecule has 0 aliphatic carbocycles.